The predicted octanol–water partition coefficient (Wildman–Crippen LogP) is 5.02. The van der Waals surface area contributed by atoms with Crippen molar-refractivity contribution in [2.24, 2.45) is 0 Å². The number of likely N-dealkylation sites (N-methyl/N-ethyl adjacent to an activating group) is 1. The molecule has 0 spiro atoms. The van der Waals surface area contributed by atoms with Gasteiger partial charge in [0.05, 0.1) is 0 Å². The van der Waals surface area contributed by atoms with Crippen LogP contribution < -0.4 is 5.32 Å². The highest BCUT2D eigenvalue weighted by Gasteiger charge is 2.13. The van der Waals surface area contributed by atoms with Crippen molar-refractivity contribution in [3.8, 4) is 0 Å². The summed E-state index contributed by atoms with van der Waals surface area (Å²) in [5.74, 6) is 0. The van der Waals surface area contributed by atoms with Crippen molar-refractivity contribution < 1.29 is 0 Å². The van der Waals surface area contributed by atoms with E-state index >= 15 is 0 Å². The van der Waals surface area contributed by atoms with Crippen LogP contribution in [0.2, 0.25) is 0 Å². The monoisotopic (exact) mass is 337 g/mol. The summed E-state index contributed by atoms with van der Waals surface area (Å²) in [7, 11) is 0. The molecule has 0 bridgehead atoms. The molecule has 0 saturated carbocycles. The molecule has 0 saturated heterocycles. The fraction of sp³-hybridized carbons (Fsp3) is 0.375. The van der Waals surface area contributed by atoms with Crippen molar-refractivity contribution in [1.82, 2.24) is 5.32 Å². The zero-order valence-corrected chi connectivity index (χ0v) is 14.1. The van der Waals surface area contributed by atoms with E-state index in [4.69, 9.17) is 0 Å². The van der Waals surface area contributed by atoms with E-state index in [1.807, 2.05) is 11.3 Å². The van der Waals surface area contributed by atoms with E-state index < -0.39 is 0 Å². The average Bonchev–Trinajstić information content (AvgIpc) is 2.78. The molecular weight excluding hydrogens is 318 g/mol. The molecule has 1 unspecified atom stereocenters. The van der Waals surface area contributed by atoms with E-state index in [0.29, 0.717) is 6.04 Å². The highest BCUT2D eigenvalue weighted by Crippen LogP contribution is 2.26. The summed E-state index contributed by atoms with van der Waals surface area (Å²) in [6.07, 6.45) is 1.05. The molecule has 1 aromatic carbocycles. The van der Waals surface area contributed by atoms with Crippen molar-refractivity contribution in [1.29, 1.82) is 0 Å². The van der Waals surface area contributed by atoms with E-state index in [9.17, 15) is 0 Å². The Kier molecular flexibility index (Phi) is 5.20. The molecule has 1 N–H and O–H groups in total. The Balaban J connectivity index is 2.21. The second-order valence-electron chi connectivity index (χ2n) is 4.89. The third-order valence-electron chi connectivity index (χ3n) is 3.41. The van der Waals surface area contributed by atoms with Crippen LogP contribution in [0.4, 0.5) is 0 Å². The lowest BCUT2D eigenvalue weighted by Crippen LogP contribution is -2.22. The highest BCUT2D eigenvalue weighted by molar-refractivity contribution is 9.10. The third kappa shape index (κ3) is 3.91. The molecule has 1 heterocycles. The number of benzene rings is 1. The summed E-state index contributed by atoms with van der Waals surface area (Å²) < 4.78 is 1.18. The van der Waals surface area contributed by atoms with Gasteiger partial charge in [-0.15, -0.1) is 11.3 Å². The minimum Gasteiger partial charge on any atom is -0.310 e. The van der Waals surface area contributed by atoms with E-state index in [0.717, 1.165) is 13.0 Å². The van der Waals surface area contributed by atoms with E-state index in [1.54, 1.807) is 0 Å². The molecular formula is C16H20BrNS. The van der Waals surface area contributed by atoms with Gasteiger partial charge in [0.2, 0.25) is 0 Å². The molecule has 0 aliphatic carbocycles. The molecule has 0 fully saturated rings. The van der Waals surface area contributed by atoms with Crippen LogP contribution in [-0.4, -0.2) is 6.54 Å². The third-order valence-corrected chi connectivity index (χ3v) is 5.13. The van der Waals surface area contributed by atoms with Crippen molar-refractivity contribution in [2.45, 2.75) is 33.2 Å². The quantitative estimate of drug-likeness (QED) is 0.807. The summed E-state index contributed by atoms with van der Waals surface area (Å²) >= 11 is 5.35. The molecule has 1 atom stereocenters. The SMILES string of the molecule is CCNC(Cc1cc(Br)cs1)c1ccc(C)c(C)c1. The van der Waals surface area contributed by atoms with Gasteiger partial charge in [-0.3, -0.25) is 0 Å². The fourth-order valence-electron chi connectivity index (χ4n) is 2.20. The zero-order chi connectivity index (χ0) is 13.8. The number of aryl methyl sites for hydroxylation is 2. The van der Waals surface area contributed by atoms with Gasteiger partial charge in [-0.25, -0.2) is 0 Å². The van der Waals surface area contributed by atoms with Crippen molar-refractivity contribution >= 4 is 27.3 Å². The van der Waals surface area contributed by atoms with Crippen molar-refractivity contribution in [2.75, 3.05) is 6.54 Å². The molecule has 0 aliphatic heterocycles. The molecule has 1 nitrogen and oxygen atoms in total. The maximum absolute atomic E-state index is 3.59. The molecule has 0 radical (unpaired) electrons. The van der Waals surface area contributed by atoms with Gasteiger partial charge in [0.25, 0.3) is 0 Å². The first-order valence-electron chi connectivity index (χ1n) is 6.63. The van der Waals surface area contributed by atoms with Gasteiger partial charge in [0.15, 0.2) is 0 Å². The number of rotatable bonds is 5. The van der Waals surface area contributed by atoms with Crippen LogP contribution in [0.5, 0.6) is 0 Å². The number of hydrogen-bond acceptors (Lipinski definition) is 2. The Hall–Kier alpha value is -0.640. The Labute approximate surface area is 128 Å². The molecule has 3 heteroatoms. The lowest BCUT2D eigenvalue weighted by molar-refractivity contribution is 0.553. The summed E-state index contributed by atoms with van der Waals surface area (Å²) in [6, 6.07) is 9.40. The smallest absolute Gasteiger partial charge is 0.0368 e. The minimum absolute atomic E-state index is 0.398. The molecule has 2 aromatic rings. The molecule has 102 valence electrons. The van der Waals surface area contributed by atoms with E-state index in [1.165, 1.54) is 26.0 Å². The molecule has 0 aliphatic rings. The maximum Gasteiger partial charge on any atom is 0.0368 e. The summed E-state index contributed by atoms with van der Waals surface area (Å²) in [4.78, 5) is 1.41. The van der Waals surface area contributed by atoms with Crippen LogP contribution in [0.1, 0.15) is 34.5 Å². The lowest BCUT2D eigenvalue weighted by atomic mass is 9.98. The number of nitrogens with one attached hydrogen (secondary N) is 1. The fourth-order valence-corrected chi connectivity index (χ4v) is 3.70. The normalized spacial score (nSPS) is 12.6. The Morgan fingerprint density at radius 3 is 2.58 bits per heavy atom. The number of halogens is 1. The van der Waals surface area contributed by atoms with E-state index in [-0.39, 0.29) is 0 Å². The Bertz CT molecular complexity index is 547. The number of hydrogen-bond donors (Lipinski definition) is 1. The summed E-state index contributed by atoms with van der Waals surface area (Å²) in [6.45, 7) is 7.50. The second kappa shape index (κ2) is 6.69. The zero-order valence-electron chi connectivity index (χ0n) is 11.7. The predicted molar refractivity (Wildman–Crippen MR) is 88.1 cm³/mol. The van der Waals surface area contributed by atoms with Gasteiger partial charge >= 0.3 is 0 Å². The van der Waals surface area contributed by atoms with Gasteiger partial charge in [0.1, 0.15) is 0 Å². The van der Waals surface area contributed by atoms with E-state index in [2.05, 4.69) is 71.7 Å². The molecule has 1 aromatic heterocycles. The first-order chi connectivity index (χ1) is 9.10. The van der Waals surface area contributed by atoms with Crippen LogP contribution >= 0.6 is 27.3 Å². The van der Waals surface area contributed by atoms with Gasteiger partial charge in [-0.2, -0.15) is 0 Å². The first-order valence-corrected chi connectivity index (χ1v) is 8.31. The van der Waals surface area contributed by atoms with Crippen LogP contribution in [-0.2, 0) is 6.42 Å². The Morgan fingerprint density at radius 1 is 1.21 bits per heavy atom. The van der Waals surface area contributed by atoms with Crippen LogP contribution in [0.25, 0.3) is 0 Å². The summed E-state index contributed by atoms with van der Waals surface area (Å²) in [5.41, 5.74) is 4.11. The molecule has 19 heavy (non-hydrogen) atoms. The largest absolute Gasteiger partial charge is 0.310 e. The molecule has 0 amide bonds. The Morgan fingerprint density at radius 2 is 2.00 bits per heavy atom. The second-order valence-corrected chi connectivity index (χ2v) is 6.80. The lowest BCUT2D eigenvalue weighted by Gasteiger charge is -2.19. The summed E-state index contributed by atoms with van der Waals surface area (Å²) in [5, 5.41) is 5.75. The highest BCUT2D eigenvalue weighted by atomic mass is 79.9. The van der Waals surface area contributed by atoms with Gasteiger partial charge in [0, 0.05) is 27.2 Å². The van der Waals surface area contributed by atoms with Crippen molar-refractivity contribution in [3.63, 3.8) is 0 Å². The minimum atomic E-state index is 0.398. The van der Waals surface area contributed by atoms with Gasteiger partial charge in [-0.1, -0.05) is 25.1 Å². The maximum atomic E-state index is 3.59. The van der Waals surface area contributed by atoms with Gasteiger partial charge < -0.3 is 5.32 Å². The van der Waals surface area contributed by atoms with Crippen LogP contribution in [0.15, 0.2) is 34.1 Å². The van der Waals surface area contributed by atoms with Crippen molar-refractivity contribution in [3.05, 3.63) is 55.7 Å². The average molecular weight is 338 g/mol. The number of thiophene rings is 1. The topological polar surface area (TPSA) is 12.0 Å². The van der Waals surface area contributed by atoms with Gasteiger partial charge in [-0.05, 0) is 59.1 Å². The molecule has 2 rings (SSSR count). The van der Waals surface area contributed by atoms with Crippen LogP contribution in [0, 0.1) is 13.8 Å². The van der Waals surface area contributed by atoms with Crippen LogP contribution in [0.3, 0.4) is 0 Å². The standard InChI is InChI=1S/C16H20BrNS/c1-4-18-16(9-15-8-14(17)10-19-15)13-6-5-11(2)12(3)7-13/h5-8,10,16,18H,4,9H2,1-3H3. The first kappa shape index (κ1) is 14.8.